The van der Waals surface area contributed by atoms with Crippen LogP contribution in [0.2, 0.25) is 0 Å². The molecular formula is C13H10N4O3S. The van der Waals surface area contributed by atoms with E-state index in [2.05, 4.69) is 20.4 Å². The standard InChI is InChI=1S/C13H10N4O3S/c1-7-14-11(17-20-7)10-9(8-5-3-2-4-6-8)15-12(21-10)16-13(18)19/h2-6H,1H3,(H,15,16)(H,18,19). The summed E-state index contributed by atoms with van der Waals surface area (Å²) in [7, 11) is 0. The molecule has 0 saturated carbocycles. The van der Waals surface area contributed by atoms with Crippen LogP contribution in [0, 0.1) is 6.92 Å². The van der Waals surface area contributed by atoms with Crippen molar-refractivity contribution in [1.29, 1.82) is 0 Å². The maximum absolute atomic E-state index is 10.8. The Kier molecular flexibility index (Phi) is 3.36. The number of aromatic nitrogens is 3. The number of rotatable bonds is 3. The smallest absolute Gasteiger partial charge is 0.410 e. The number of thiazole rings is 1. The molecule has 3 rings (SSSR count). The van der Waals surface area contributed by atoms with Crippen molar-refractivity contribution in [2.75, 3.05) is 5.32 Å². The molecule has 0 radical (unpaired) electrons. The van der Waals surface area contributed by atoms with Crippen LogP contribution in [-0.4, -0.2) is 26.3 Å². The van der Waals surface area contributed by atoms with Gasteiger partial charge in [-0.1, -0.05) is 46.8 Å². The Labute approximate surface area is 123 Å². The molecule has 106 valence electrons. The fraction of sp³-hybridized carbons (Fsp3) is 0.0769. The van der Waals surface area contributed by atoms with Crippen LogP contribution in [0.5, 0.6) is 0 Å². The summed E-state index contributed by atoms with van der Waals surface area (Å²) in [5, 5.41) is 15.2. The topological polar surface area (TPSA) is 101 Å². The molecule has 1 amide bonds. The van der Waals surface area contributed by atoms with Crippen molar-refractivity contribution in [2.24, 2.45) is 0 Å². The number of amides is 1. The van der Waals surface area contributed by atoms with Gasteiger partial charge in [0.05, 0.1) is 5.69 Å². The van der Waals surface area contributed by atoms with Crippen molar-refractivity contribution in [1.82, 2.24) is 15.1 Å². The van der Waals surface area contributed by atoms with Crippen LogP contribution in [0.3, 0.4) is 0 Å². The highest BCUT2D eigenvalue weighted by Crippen LogP contribution is 2.37. The second kappa shape index (κ2) is 5.33. The van der Waals surface area contributed by atoms with Gasteiger partial charge in [-0.05, 0) is 0 Å². The Morgan fingerprint density at radius 2 is 2.05 bits per heavy atom. The van der Waals surface area contributed by atoms with Crippen LogP contribution in [0.25, 0.3) is 22.0 Å². The lowest BCUT2D eigenvalue weighted by atomic mass is 10.1. The highest BCUT2D eigenvalue weighted by Gasteiger charge is 2.19. The summed E-state index contributed by atoms with van der Waals surface area (Å²) in [6.45, 7) is 1.69. The molecule has 3 aromatic rings. The SMILES string of the molecule is Cc1nc(-c2sc(NC(=O)O)nc2-c2ccccc2)no1. The maximum Gasteiger partial charge on any atom is 0.410 e. The first-order valence-electron chi connectivity index (χ1n) is 6.00. The lowest BCUT2D eigenvalue weighted by molar-refractivity contribution is 0.209. The third kappa shape index (κ3) is 2.75. The van der Waals surface area contributed by atoms with E-state index in [1.807, 2.05) is 30.3 Å². The molecule has 0 fully saturated rings. The summed E-state index contributed by atoms with van der Waals surface area (Å²) in [5.41, 5.74) is 1.47. The number of carboxylic acid groups (broad SMARTS) is 1. The van der Waals surface area contributed by atoms with Crippen LogP contribution in [0.1, 0.15) is 5.89 Å². The normalized spacial score (nSPS) is 10.5. The van der Waals surface area contributed by atoms with Crippen molar-refractivity contribution < 1.29 is 14.4 Å². The van der Waals surface area contributed by atoms with E-state index < -0.39 is 6.09 Å². The molecule has 0 spiro atoms. The Hall–Kier alpha value is -2.74. The molecule has 21 heavy (non-hydrogen) atoms. The minimum Gasteiger partial charge on any atom is -0.465 e. The summed E-state index contributed by atoms with van der Waals surface area (Å²) in [4.78, 5) is 19.9. The van der Waals surface area contributed by atoms with E-state index in [-0.39, 0.29) is 5.13 Å². The van der Waals surface area contributed by atoms with Crippen LogP contribution < -0.4 is 5.32 Å². The van der Waals surface area contributed by atoms with Crippen LogP contribution >= 0.6 is 11.3 Å². The molecule has 0 aliphatic carbocycles. The van der Waals surface area contributed by atoms with Gasteiger partial charge >= 0.3 is 6.09 Å². The largest absolute Gasteiger partial charge is 0.465 e. The maximum atomic E-state index is 10.8. The van der Waals surface area contributed by atoms with E-state index in [1.54, 1.807) is 6.92 Å². The van der Waals surface area contributed by atoms with Crippen molar-refractivity contribution in [2.45, 2.75) is 6.92 Å². The van der Waals surface area contributed by atoms with Gasteiger partial charge in [0, 0.05) is 12.5 Å². The fourth-order valence-electron chi connectivity index (χ4n) is 1.80. The Bertz CT molecular complexity index is 782. The van der Waals surface area contributed by atoms with Gasteiger partial charge in [-0.3, -0.25) is 5.32 Å². The number of aryl methyl sites for hydroxylation is 1. The van der Waals surface area contributed by atoms with Gasteiger partial charge in [-0.15, -0.1) is 0 Å². The average Bonchev–Trinajstić information content (AvgIpc) is 3.05. The Morgan fingerprint density at radius 3 is 2.67 bits per heavy atom. The van der Waals surface area contributed by atoms with Crippen LogP contribution in [-0.2, 0) is 0 Å². The van der Waals surface area contributed by atoms with Crippen molar-refractivity contribution >= 4 is 22.6 Å². The van der Waals surface area contributed by atoms with Gasteiger partial charge in [0.2, 0.25) is 11.7 Å². The molecule has 1 aromatic carbocycles. The van der Waals surface area contributed by atoms with Gasteiger partial charge in [-0.25, -0.2) is 9.78 Å². The monoisotopic (exact) mass is 302 g/mol. The molecule has 8 heteroatoms. The molecule has 0 saturated heterocycles. The molecule has 0 aliphatic heterocycles. The summed E-state index contributed by atoms with van der Waals surface area (Å²) in [6, 6.07) is 9.42. The molecule has 2 aromatic heterocycles. The number of carbonyl (C=O) groups is 1. The third-order valence-corrected chi connectivity index (χ3v) is 3.59. The quantitative estimate of drug-likeness (QED) is 0.770. The molecule has 7 nitrogen and oxygen atoms in total. The average molecular weight is 302 g/mol. The van der Waals surface area contributed by atoms with E-state index >= 15 is 0 Å². The zero-order chi connectivity index (χ0) is 14.8. The second-order valence-corrected chi connectivity index (χ2v) is 5.13. The number of hydrogen-bond acceptors (Lipinski definition) is 6. The predicted molar refractivity (Wildman–Crippen MR) is 77.2 cm³/mol. The first-order valence-corrected chi connectivity index (χ1v) is 6.82. The van der Waals surface area contributed by atoms with Gasteiger partial charge in [-0.2, -0.15) is 4.98 Å². The molecule has 2 N–H and O–H groups in total. The lowest BCUT2D eigenvalue weighted by Crippen LogP contribution is -2.06. The predicted octanol–water partition coefficient (Wildman–Crippen LogP) is 3.26. The molecule has 2 heterocycles. The summed E-state index contributed by atoms with van der Waals surface area (Å²) in [6.07, 6.45) is -1.17. The first kappa shape index (κ1) is 13.3. The van der Waals surface area contributed by atoms with E-state index in [0.29, 0.717) is 22.3 Å². The molecule has 0 atom stereocenters. The molecule has 0 unspecified atom stereocenters. The van der Waals surface area contributed by atoms with E-state index in [4.69, 9.17) is 9.63 Å². The summed E-state index contributed by atoms with van der Waals surface area (Å²) >= 11 is 1.16. The van der Waals surface area contributed by atoms with Gasteiger partial charge in [0.25, 0.3) is 0 Å². The highest BCUT2D eigenvalue weighted by molar-refractivity contribution is 7.19. The minimum atomic E-state index is -1.17. The van der Waals surface area contributed by atoms with Crippen molar-refractivity contribution in [3.8, 4) is 22.0 Å². The van der Waals surface area contributed by atoms with Crippen molar-refractivity contribution in [3.63, 3.8) is 0 Å². The van der Waals surface area contributed by atoms with Crippen LogP contribution in [0.4, 0.5) is 9.93 Å². The third-order valence-electron chi connectivity index (χ3n) is 2.62. The molecular weight excluding hydrogens is 292 g/mol. The number of nitrogens with zero attached hydrogens (tertiary/aromatic N) is 3. The number of anilines is 1. The first-order chi connectivity index (χ1) is 10.1. The summed E-state index contributed by atoms with van der Waals surface area (Å²) < 4.78 is 4.98. The Balaban J connectivity index is 2.12. The lowest BCUT2D eigenvalue weighted by Gasteiger charge is -1.97. The zero-order valence-corrected chi connectivity index (χ0v) is 11.7. The number of benzene rings is 1. The fourth-order valence-corrected chi connectivity index (χ4v) is 2.70. The zero-order valence-electron chi connectivity index (χ0n) is 10.9. The molecule has 0 aliphatic rings. The van der Waals surface area contributed by atoms with E-state index in [1.165, 1.54) is 0 Å². The van der Waals surface area contributed by atoms with Gasteiger partial charge < -0.3 is 9.63 Å². The minimum absolute atomic E-state index is 0.263. The number of nitrogens with one attached hydrogen (secondary N) is 1. The Morgan fingerprint density at radius 1 is 1.29 bits per heavy atom. The second-order valence-electron chi connectivity index (χ2n) is 4.13. The summed E-state index contributed by atoms with van der Waals surface area (Å²) in [5.74, 6) is 0.826. The van der Waals surface area contributed by atoms with Gasteiger partial charge in [0.1, 0.15) is 4.88 Å². The van der Waals surface area contributed by atoms with E-state index in [9.17, 15) is 4.79 Å². The molecule has 0 bridgehead atoms. The highest BCUT2D eigenvalue weighted by atomic mass is 32.1. The van der Waals surface area contributed by atoms with Gasteiger partial charge in [0.15, 0.2) is 5.13 Å². The van der Waals surface area contributed by atoms with E-state index in [0.717, 1.165) is 16.9 Å². The number of hydrogen-bond donors (Lipinski definition) is 2. The van der Waals surface area contributed by atoms with Crippen molar-refractivity contribution in [3.05, 3.63) is 36.2 Å². The van der Waals surface area contributed by atoms with Crippen LogP contribution in [0.15, 0.2) is 34.9 Å².